The molecule has 2 heterocycles. The molecule has 0 bridgehead atoms. The topological polar surface area (TPSA) is 131 Å². The second kappa shape index (κ2) is 10.5. The van der Waals surface area contributed by atoms with Crippen molar-refractivity contribution in [3.8, 4) is 6.07 Å². The Kier molecular flexibility index (Phi) is 8.52. The van der Waals surface area contributed by atoms with Crippen LogP contribution in [0.1, 0.15) is 40.0 Å². The highest BCUT2D eigenvalue weighted by Gasteiger charge is 2.53. The van der Waals surface area contributed by atoms with Crippen LogP contribution in [0, 0.1) is 28.6 Å². The van der Waals surface area contributed by atoms with Crippen LogP contribution >= 0.6 is 0 Å². The summed E-state index contributed by atoms with van der Waals surface area (Å²) in [5.41, 5.74) is -1.36. The van der Waals surface area contributed by atoms with Crippen LogP contribution in [0.15, 0.2) is 0 Å². The number of carbonyl (C=O) groups is 4. The fraction of sp³-hybridized carbons (Fsp3) is 0.762. The first kappa shape index (κ1) is 29.2. The van der Waals surface area contributed by atoms with Crippen molar-refractivity contribution in [2.24, 2.45) is 17.3 Å². The van der Waals surface area contributed by atoms with E-state index in [2.05, 4.69) is 10.6 Å². The van der Waals surface area contributed by atoms with Gasteiger partial charge < -0.3 is 20.9 Å². The van der Waals surface area contributed by atoms with Gasteiger partial charge >= 0.3 is 18.3 Å². The lowest BCUT2D eigenvalue weighted by molar-refractivity contribution is -0.176. The summed E-state index contributed by atoms with van der Waals surface area (Å²) in [7, 11) is 0. The molecule has 0 aromatic carbocycles. The van der Waals surface area contributed by atoms with Gasteiger partial charge in [0.05, 0.1) is 12.0 Å². The predicted molar refractivity (Wildman–Crippen MR) is 110 cm³/mol. The van der Waals surface area contributed by atoms with Crippen molar-refractivity contribution in [3.05, 3.63) is 0 Å². The molecule has 0 radical (unpaired) electrons. The smallest absolute Gasteiger partial charge is 0.356 e. The zero-order valence-corrected chi connectivity index (χ0v) is 19.7. The second-order valence-electron chi connectivity index (χ2n) is 9.95. The largest absolute Gasteiger partial charge is 0.471 e. The maximum atomic E-state index is 13.5. The highest BCUT2D eigenvalue weighted by molar-refractivity contribution is 5.94. The number of hydrogen-bond donors (Lipinski definition) is 3. The van der Waals surface area contributed by atoms with Crippen molar-refractivity contribution in [1.29, 1.82) is 5.26 Å². The van der Waals surface area contributed by atoms with E-state index in [9.17, 15) is 50.8 Å². The molecule has 2 fully saturated rings. The molecule has 3 unspecified atom stereocenters. The first-order chi connectivity index (χ1) is 16.4. The second-order valence-corrected chi connectivity index (χ2v) is 9.95. The van der Waals surface area contributed by atoms with E-state index in [1.54, 1.807) is 6.07 Å². The average Bonchev–Trinajstić information content (AvgIpc) is 3.35. The molecule has 9 nitrogen and oxygen atoms in total. The van der Waals surface area contributed by atoms with Crippen LogP contribution in [0.3, 0.4) is 0 Å². The number of alkyl halides is 6. The Balaban J connectivity index is 2.30. The predicted octanol–water partition coefficient (Wildman–Crippen LogP) is 1.39. The fourth-order valence-corrected chi connectivity index (χ4v) is 4.16. The van der Waals surface area contributed by atoms with Crippen LogP contribution in [0.4, 0.5) is 26.3 Å². The van der Waals surface area contributed by atoms with Crippen molar-refractivity contribution in [2.75, 3.05) is 13.1 Å². The van der Waals surface area contributed by atoms with Crippen molar-refractivity contribution in [3.63, 3.8) is 0 Å². The molecular weight excluding hydrogens is 500 g/mol. The molecule has 2 rings (SSSR count). The van der Waals surface area contributed by atoms with E-state index in [-0.39, 0.29) is 12.3 Å². The number of carbonyl (C=O) groups excluding carboxylic acids is 4. The zero-order valence-electron chi connectivity index (χ0n) is 19.7. The number of nitriles is 1. The molecule has 36 heavy (non-hydrogen) atoms. The molecule has 2 aliphatic rings. The summed E-state index contributed by atoms with van der Waals surface area (Å²) in [4.78, 5) is 49.9. The lowest BCUT2D eigenvalue weighted by atomic mass is 9.85. The van der Waals surface area contributed by atoms with Gasteiger partial charge in [-0.15, -0.1) is 0 Å². The first-order valence-corrected chi connectivity index (χ1v) is 11.1. The number of halogens is 6. The zero-order chi connectivity index (χ0) is 27.6. The monoisotopic (exact) mass is 527 g/mol. The minimum atomic E-state index is -5.35. The fourth-order valence-electron chi connectivity index (χ4n) is 4.16. The Bertz CT molecular complexity index is 924. The summed E-state index contributed by atoms with van der Waals surface area (Å²) in [6.07, 6.45) is -10.8. The Morgan fingerprint density at radius 2 is 1.75 bits per heavy atom. The Morgan fingerprint density at radius 1 is 1.14 bits per heavy atom. The number of likely N-dealkylation sites (tertiary alicyclic amines) is 1. The number of rotatable bonds is 6. The van der Waals surface area contributed by atoms with Crippen molar-refractivity contribution in [2.45, 2.75) is 70.5 Å². The summed E-state index contributed by atoms with van der Waals surface area (Å²) >= 11 is 0. The van der Waals surface area contributed by atoms with E-state index in [1.807, 2.05) is 0 Å². The molecule has 202 valence electrons. The van der Waals surface area contributed by atoms with Gasteiger partial charge in [-0.05, 0) is 24.7 Å². The van der Waals surface area contributed by atoms with E-state index in [4.69, 9.17) is 0 Å². The van der Waals surface area contributed by atoms with Gasteiger partial charge in [0.15, 0.2) is 0 Å². The minimum absolute atomic E-state index is 0.107. The molecule has 5 atom stereocenters. The van der Waals surface area contributed by atoms with E-state index < -0.39 is 78.4 Å². The maximum absolute atomic E-state index is 13.5. The number of hydrogen-bond acceptors (Lipinski definition) is 5. The van der Waals surface area contributed by atoms with Crippen molar-refractivity contribution < 1.29 is 45.5 Å². The van der Waals surface area contributed by atoms with E-state index in [1.165, 1.54) is 26.1 Å². The summed E-state index contributed by atoms with van der Waals surface area (Å²) in [6.45, 7) is 3.26. The maximum Gasteiger partial charge on any atom is 0.471 e. The van der Waals surface area contributed by atoms with Crippen LogP contribution in [-0.2, 0) is 19.2 Å². The molecule has 0 saturated carbocycles. The van der Waals surface area contributed by atoms with Crippen molar-refractivity contribution in [1.82, 2.24) is 20.9 Å². The molecule has 4 amide bonds. The molecule has 15 heteroatoms. The van der Waals surface area contributed by atoms with Gasteiger partial charge in [0, 0.05) is 19.0 Å². The van der Waals surface area contributed by atoms with Gasteiger partial charge in [0.25, 0.3) is 0 Å². The van der Waals surface area contributed by atoms with Gasteiger partial charge in [-0.25, -0.2) is 0 Å². The van der Waals surface area contributed by atoms with Gasteiger partial charge in [-0.2, -0.15) is 31.6 Å². The normalized spacial score (nSPS) is 24.5. The van der Waals surface area contributed by atoms with Crippen molar-refractivity contribution >= 4 is 23.6 Å². The van der Waals surface area contributed by atoms with Crippen LogP contribution in [0.2, 0.25) is 0 Å². The van der Waals surface area contributed by atoms with Gasteiger partial charge in [-0.1, -0.05) is 20.8 Å². The number of nitrogens with one attached hydrogen (secondary N) is 3. The highest BCUT2D eigenvalue weighted by atomic mass is 19.4. The Hall–Kier alpha value is -3.05. The highest BCUT2D eigenvalue weighted by Crippen LogP contribution is 2.38. The average molecular weight is 527 g/mol. The molecule has 0 aliphatic carbocycles. The van der Waals surface area contributed by atoms with Crippen LogP contribution in [0.5, 0.6) is 0 Å². The summed E-state index contributed by atoms with van der Waals surface area (Å²) in [5, 5.41) is 15.7. The SMILES string of the molecule is CC(C)(C)C(NC(=O)C(F)(F)F)C(=O)N1CC(C(F)(F)F)C[C@H]1C(=O)N[C@H](C#N)CC1CCNC1=O. The molecule has 2 aliphatic heterocycles. The van der Waals surface area contributed by atoms with E-state index in [0.29, 0.717) is 17.9 Å². The lowest BCUT2D eigenvalue weighted by Gasteiger charge is -2.35. The summed E-state index contributed by atoms with van der Waals surface area (Å²) in [6, 6.07) is -3.15. The standard InChI is InChI=1S/C21H27F6N5O4/c1-19(2,3)14(31-18(36)21(25,26)27)17(35)32-9-11(20(22,23)24)7-13(32)16(34)30-12(8-28)6-10-4-5-29-15(10)33/h10-14H,4-7,9H2,1-3H3,(H,29,33)(H,30,34)(H,31,36)/t10?,11?,12-,13-,14?/m0/s1. The summed E-state index contributed by atoms with van der Waals surface area (Å²) in [5.74, 6) is -7.96. The Morgan fingerprint density at radius 3 is 2.19 bits per heavy atom. The molecular formula is C21H27F6N5O4. The third-order valence-corrected chi connectivity index (χ3v) is 6.15. The number of amides is 4. The Labute approximate surface area is 202 Å². The third-order valence-electron chi connectivity index (χ3n) is 6.15. The minimum Gasteiger partial charge on any atom is -0.356 e. The molecule has 2 saturated heterocycles. The number of nitrogens with zero attached hydrogens (tertiary/aromatic N) is 2. The lowest BCUT2D eigenvalue weighted by Crippen LogP contribution is -2.59. The summed E-state index contributed by atoms with van der Waals surface area (Å²) < 4.78 is 79.0. The first-order valence-electron chi connectivity index (χ1n) is 11.1. The quantitative estimate of drug-likeness (QED) is 0.450. The molecule has 0 spiro atoms. The van der Waals surface area contributed by atoms with Gasteiger partial charge in [0.2, 0.25) is 17.7 Å². The van der Waals surface area contributed by atoms with Crippen LogP contribution in [0.25, 0.3) is 0 Å². The molecule has 3 N–H and O–H groups in total. The van der Waals surface area contributed by atoms with Gasteiger partial charge in [-0.3, -0.25) is 19.2 Å². The van der Waals surface area contributed by atoms with Crippen LogP contribution in [-0.4, -0.2) is 72.1 Å². The van der Waals surface area contributed by atoms with E-state index in [0.717, 1.165) is 0 Å². The third kappa shape index (κ3) is 7.01. The van der Waals surface area contributed by atoms with E-state index >= 15 is 0 Å². The molecule has 0 aromatic rings. The van der Waals surface area contributed by atoms with Gasteiger partial charge in [0.1, 0.15) is 18.1 Å². The van der Waals surface area contributed by atoms with Crippen LogP contribution < -0.4 is 16.0 Å². The molecule has 0 aromatic heterocycles.